The number of nitrogens with zero attached hydrogens (tertiary/aromatic N) is 2. The first kappa shape index (κ1) is 15.8. The summed E-state index contributed by atoms with van der Waals surface area (Å²) in [5.74, 6) is -1.88. The van der Waals surface area contributed by atoms with Crippen LogP contribution in [0, 0.1) is 10.1 Å². The molecule has 1 aliphatic rings. The van der Waals surface area contributed by atoms with E-state index in [2.05, 4.69) is 5.32 Å². The quantitative estimate of drug-likeness (QED) is 0.687. The van der Waals surface area contributed by atoms with Crippen molar-refractivity contribution in [1.82, 2.24) is 4.90 Å². The van der Waals surface area contributed by atoms with E-state index in [0.29, 0.717) is 10.6 Å². The molecule has 1 aliphatic heterocycles. The molecule has 0 spiro atoms. The first-order valence-electron chi connectivity index (χ1n) is 6.34. The van der Waals surface area contributed by atoms with Gasteiger partial charge < -0.3 is 10.2 Å². The molecular formula is C13H12F3N3O3. The fourth-order valence-corrected chi connectivity index (χ4v) is 2.06. The molecule has 0 saturated heterocycles. The van der Waals surface area contributed by atoms with Gasteiger partial charge in [-0.3, -0.25) is 14.9 Å². The molecule has 0 saturated carbocycles. The third kappa shape index (κ3) is 3.54. The molecule has 0 unspecified atom stereocenters. The predicted molar refractivity (Wildman–Crippen MR) is 72.1 cm³/mol. The van der Waals surface area contributed by atoms with Crippen molar-refractivity contribution in [3.8, 4) is 0 Å². The molecule has 1 aromatic carbocycles. The molecule has 1 aromatic rings. The monoisotopic (exact) mass is 315 g/mol. The summed E-state index contributed by atoms with van der Waals surface area (Å²) in [6.45, 7) is -0.293. The third-order valence-electron chi connectivity index (χ3n) is 3.13. The molecule has 1 N–H and O–H groups in total. The van der Waals surface area contributed by atoms with Gasteiger partial charge >= 0.3 is 12.1 Å². The number of amides is 1. The van der Waals surface area contributed by atoms with Gasteiger partial charge in [-0.05, 0) is 12.1 Å². The maximum Gasteiger partial charge on any atom is 0.471 e. The van der Waals surface area contributed by atoms with Crippen LogP contribution in [0.5, 0.6) is 0 Å². The van der Waals surface area contributed by atoms with Gasteiger partial charge in [-0.25, -0.2) is 0 Å². The Labute approximate surface area is 123 Å². The van der Waals surface area contributed by atoms with Crippen LogP contribution in [0.3, 0.4) is 0 Å². The minimum absolute atomic E-state index is 0.0994. The molecule has 2 rings (SSSR count). The van der Waals surface area contributed by atoms with Crippen molar-refractivity contribution in [3.05, 3.63) is 46.2 Å². The van der Waals surface area contributed by atoms with Crippen molar-refractivity contribution in [2.24, 2.45) is 0 Å². The number of carbonyl (C=O) groups excluding carboxylic acids is 1. The van der Waals surface area contributed by atoms with Crippen LogP contribution in [0.1, 0.15) is 6.42 Å². The number of alkyl halides is 3. The second kappa shape index (κ2) is 6.04. The minimum Gasteiger partial charge on any atom is -0.354 e. The van der Waals surface area contributed by atoms with Crippen molar-refractivity contribution in [1.29, 1.82) is 0 Å². The lowest BCUT2D eigenvalue weighted by Crippen LogP contribution is -2.43. The van der Waals surface area contributed by atoms with Gasteiger partial charge in [0.15, 0.2) is 0 Å². The van der Waals surface area contributed by atoms with E-state index in [0.717, 1.165) is 0 Å². The summed E-state index contributed by atoms with van der Waals surface area (Å²) in [5.41, 5.74) is 0.673. The fourth-order valence-electron chi connectivity index (χ4n) is 2.06. The molecule has 1 heterocycles. The van der Waals surface area contributed by atoms with Crippen molar-refractivity contribution in [3.63, 3.8) is 0 Å². The molecule has 0 atom stereocenters. The van der Waals surface area contributed by atoms with Gasteiger partial charge in [0.2, 0.25) is 0 Å². The summed E-state index contributed by atoms with van der Waals surface area (Å²) < 4.78 is 37.0. The minimum atomic E-state index is -4.89. The zero-order valence-corrected chi connectivity index (χ0v) is 11.3. The first-order valence-corrected chi connectivity index (χ1v) is 6.34. The Morgan fingerprint density at radius 1 is 1.32 bits per heavy atom. The van der Waals surface area contributed by atoms with Crippen LogP contribution in [-0.2, 0) is 4.79 Å². The Morgan fingerprint density at radius 3 is 2.55 bits per heavy atom. The zero-order valence-electron chi connectivity index (χ0n) is 11.3. The number of hydrogen-bond acceptors (Lipinski definition) is 4. The van der Waals surface area contributed by atoms with Crippen molar-refractivity contribution in [2.75, 3.05) is 18.4 Å². The Morgan fingerprint density at radius 2 is 2.00 bits per heavy atom. The van der Waals surface area contributed by atoms with Crippen LogP contribution in [0.15, 0.2) is 36.0 Å². The number of nitrogens with one attached hydrogen (secondary N) is 1. The van der Waals surface area contributed by atoms with E-state index < -0.39 is 17.0 Å². The van der Waals surface area contributed by atoms with Crippen molar-refractivity contribution < 1.29 is 22.9 Å². The number of nitro benzene ring substituents is 1. The molecule has 9 heteroatoms. The number of nitro groups is 1. The second-order valence-corrected chi connectivity index (χ2v) is 4.63. The Hall–Kier alpha value is -2.58. The number of carbonyl (C=O) groups is 1. The Bertz CT molecular complexity index is 628. The number of benzene rings is 1. The van der Waals surface area contributed by atoms with E-state index in [1.807, 2.05) is 0 Å². The number of anilines is 1. The molecular weight excluding hydrogens is 303 g/mol. The summed E-state index contributed by atoms with van der Waals surface area (Å²) in [7, 11) is 0. The number of hydrogen-bond donors (Lipinski definition) is 1. The molecule has 22 heavy (non-hydrogen) atoms. The van der Waals surface area contributed by atoms with Gasteiger partial charge in [-0.1, -0.05) is 12.1 Å². The lowest BCUT2D eigenvalue weighted by Gasteiger charge is -2.27. The van der Waals surface area contributed by atoms with E-state index in [9.17, 15) is 28.1 Å². The topological polar surface area (TPSA) is 75.5 Å². The van der Waals surface area contributed by atoms with Gasteiger partial charge in [-0.15, -0.1) is 0 Å². The average Bonchev–Trinajstić information content (AvgIpc) is 2.46. The first-order chi connectivity index (χ1) is 10.3. The molecule has 0 bridgehead atoms. The van der Waals surface area contributed by atoms with Crippen LogP contribution < -0.4 is 5.32 Å². The average molecular weight is 315 g/mol. The SMILES string of the molecule is O=C(N1CC=C(Nc2ccccc2[N+](=O)[O-])CC1)C(F)(F)F. The number of para-hydroxylation sites is 2. The summed E-state index contributed by atoms with van der Waals surface area (Å²) in [6.07, 6.45) is -3.31. The molecule has 1 amide bonds. The molecule has 118 valence electrons. The third-order valence-corrected chi connectivity index (χ3v) is 3.13. The van der Waals surface area contributed by atoms with Crippen molar-refractivity contribution in [2.45, 2.75) is 12.6 Å². The molecule has 0 aliphatic carbocycles. The van der Waals surface area contributed by atoms with Gasteiger partial charge in [0.05, 0.1) is 4.92 Å². The predicted octanol–water partition coefficient (Wildman–Crippen LogP) is 2.69. The Balaban J connectivity index is 2.07. The highest BCUT2D eigenvalue weighted by atomic mass is 19.4. The van der Waals surface area contributed by atoms with E-state index in [1.165, 1.54) is 24.3 Å². The maximum atomic E-state index is 12.3. The van der Waals surface area contributed by atoms with Crippen LogP contribution in [0.25, 0.3) is 0 Å². The molecule has 0 radical (unpaired) electrons. The van der Waals surface area contributed by atoms with Crippen LogP contribution >= 0.6 is 0 Å². The zero-order chi connectivity index (χ0) is 16.3. The summed E-state index contributed by atoms with van der Waals surface area (Å²) in [4.78, 5) is 22.1. The van der Waals surface area contributed by atoms with E-state index in [1.54, 1.807) is 6.07 Å². The number of halogens is 3. The summed E-state index contributed by atoms with van der Waals surface area (Å²) >= 11 is 0. The molecule has 0 fully saturated rings. The van der Waals surface area contributed by atoms with E-state index >= 15 is 0 Å². The fraction of sp³-hybridized carbons (Fsp3) is 0.308. The van der Waals surface area contributed by atoms with Gasteiger partial charge in [0, 0.05) is 31.3 Å². The summed E-state index contributed by atoms with van der Waals surface area (Å²) in [5, 5.41) is 13.7. The number of rotatable bonds is 3. The maximum absolute atomic E-state index is 12.3. The largest absolute Gasteiger partial charge is 0.471 e. The van der Waals surface area contributed by atoms with Gasteiger partial charge in [-0.2, -0.15) is 13.2 Å². The lowest BCUT2D eigenvalue weighted by molar-refractivity contribution is -0.383. The van der Waals surface area contributed by atoms with Crippen LogP contribution in [0.2, 0.25) is 0 Å². The van der Waals surface area contributed by atoms with Crippen LogP contribution in [-0.4, -0.2) is 35.0 Å². The highest BCUT2D eigenvalue weighted by molar-refractivity contribution is 5.82. The van der Waals surface area contributed by atoms with Gasteiger partial charge in [0.25, 0.3) is 5.69 Å². The smallest absolute Gasteiger partial charge is 0.354 e. The summed E-state index contributed by atoms with van der Waals surface area (Å²) in [6, 6.07) is 5.96. The molecule has 0 aromatic heterocycles. The standard InChI is InChI=1S/C13H12F3N3O3/c14-13(15,16)12(20)18-7-5-9(6-8-18)17-10-3-1-2-4-11(10)19(21)22/h1-5,17H,6-8H2. The highest BCUT2D eigenvalue weighted by Gasteiger charge is 2.42. The second-order valence-electron chi connectivity index (χ2n) is 4.63. The Kier molecular flexibility index (Phi) is 4.34. The molecule has 6 nitrogen and oxygen atoms in total. The van der Waals surface area contributed by atoms with Crippen LogP contribution in [0.4, 0.5) is 24.5 Å². The van der Waals surface area contributed by atoms with E-state index in [4.69, 9.17) is 0 Å². The normalized spacial score (nSPS) is 15.2. The highest BCUT2D eigenvalue weighted by Crippen LogP contribution is 2.27. The van der Waals surface area contributed by atoms with E-state index in [-0.39, 0.29) is 30.9 Å². The van der Waals surface area contributed by atoms with Crippen molar-refractivity contribution >= 4 is 17.3 Å². The lowest BCUT2D eigenvalue weighted by atomic mass is 10.1. The van der Waals surface area contributed by atoms with Gasteiger partial charge in [0.1, 0.15) is 5.69 Å².